The van der Waals surface area contributed by atoms with E-state index in [9.17, 15) is 17.6 Å². The van der Waals surface area contributed by atoms with E-state index in [0.717, 1.165) is 19.2 Å². The van der Waals surface area contributed by atoms with E-state index in [1.54, 1.807) is 6.92 Å². The van der Waals surface area contributed by atoms with Gasteiger partial charge in [-0.25, -0.2) is 14.4 Å². The van der Waals surface area contributed by atoms with Crippen LogP contribution in [0.5, 0.6) is 0 Å². The fourth-order valence-electron chi connectivity index (χ4n) is 2.99. The van der Waals surface area contributed by atoms with Gasteiger partial charge in [-0.2, -0.15) is 17.7 Å². The van der Waals surface area contributed by atoms with Crippen LogP contribution in [0.15, 0.2) is 12.1 Å². The topological polar surface area (TPSA) is 58.4 Å². The third-order valence-electron chi connectivity index (χ3n) is 4.15. The Labute approximate surface area is 139 Å². The molecule has 1 saturated heterocycles. The molecule has 3 aromatic rings. The molecule has 0 amide bonds. The largest absolute Gasteiger partial charge is 0.416 e. The highest BCUT2D eigenvalue weighted by atomic mass is 19.4. The number of rotatable bonds is 1. The molecular formula is C15H14F4N6. The molecule has 2 aromatic heterocycles. The zero-order chi connectivity index (χ0) is 17.8. The van der Waals surface area contributed by atoms with Crippen molar-refractivity contribution in [3.8, 4) is 0 Å². The molecule has 0 bridgehead atoms. The summed E-state index contributed by atoms with van der Waals surface area (Å²) >= 11 is 0. The van der Waals surface area contributed by atoms with Gasteiger partial charge < -0.3 is 10.2 Å². The molecule has 1 aliphatic heterocycles. The van der Waals surface area contributed by atoms with Crippen molar-refractivity contribution in [1.29, 1.82) is 0 Å². The van der Waals surface area contributed by atoms with Crippen LogP contribution in [0.2, 0.25) is 0 Å². The molecule has 132 valence electrons. The summed E-state index contributed by atoms with van der Waals surface area (Å²) in [7, 11) is 0. The fourth-order valence-corrected chi connectivity index (χ4v) is 2.99. The number of aromatic nitrogens is 4. The third-order valence-corrected chi connectivity index (χ3v) is 4.15. The number of piperazine rings is 1. The summed E-state index contributed by atoms with van der Waals surface area (Å²) in [5.74, 6) is -0.267. The first kappa shape index (κ1) is 16.0. The van der Waals surface area contributed by atoms with E-state index in [4.69, 9.17) is 0 Å². The summed E-state index contributed by atoms with van der Waals surface area (Å²) in [6, 6.07) is 1.34. The zero-order valence-corrected chi connectivity index (χ0v) is 13.2. The van der Waals surface area contributed by atoms with Crippen molar-refractivity contribution in [2.24, 2.45) is 0 Å². The van der Waals surface area contributed by atoms with Crippen molar-refractivity contribution in [1.82, 2.24) is 24.9 Å². The molecule has 1 aliphatic rings. The molecule has 0 unspecified atom stereocenters. The first-order valence-corrected chi connectivity index (χ1v) is 7.74. The van der Waals surface area contributed by atoms with Crippen LogP contribution in [0.4, 0.5) is 23.5 Å². The minimum atomic E-state index is -4.65. The predicted molar refractivity (Wildman–Crippen MR) is 83.1 cm³/mol. The summed E-state index contributed by atoms with van der Waals surface area (Å²) < 4.78 is 54.9. The quantitative estimate of drug-likeness (QED) is 0.679. The van der Waals surface area contributed by atoms with Crippen molar-refractivity contribution in [2.75, 3.05) is 31.1 Å². The fraction of sp³-hybridized carbons (Fsp3) is 0.400. The lowest BCUT2D eigenvalue weighted by Crippen LogP contribution is -2.44. The highest BCUT2D eigenvalue weighted by molar-refractivity contribution is 5.93. The van der Waals surface area contributed by atoms with Crippen molar-refractivity contribution in [2.45, 2.75) is 13.1 Å². The maximum absolute atomic E-state index is 14.4. The Hall–Kier alpha value is -2.49. The lowest BCUT2D eigenvalue weighted by atomic mass is 10.1. The maximum Gasteiger partial charge on any atom is 0.416 e. The van der Waals surface area contributed by atoms with E-state index in [0.29, 0.717) is 30.9 Å². The number of anilines is 1. The molecular weight excluding hydrogens is 340 g/mol. The molecule has 0 aliphatic carbocycles. The minimum absolute atomic E-state index is 0.00758. The van der Waals surface area contributed by atoms with Crippen molar-refractivity contribution in [3.05, 3.63) is 29.3 Å². The van der Waals surface area contributed by atoms with E-state index in [2.05, 4.69) is 20.4 Å². The van der Waals surface area contributed by atoms with Crippen LogP contribution in [-0.2, 0) is 6.18 Å². The number of aryl methyl sites for hydroxylation is 1. The molecule has 0 radical (unpaired) electrons. The van der Waals surface area contributed by atoms with E-state index in [-0.39, 0.29) is 16.6 Å². The Morgan fingerprint density at radius 2 is 1.84 bits per heavy atom. The number of fused-ring (bicyclic) bond motifs is 3. The Bertz CT molecular complexity index is 958. The monoisotopic (exact) mass is 354 g/mol. The van der Waals surface area contributed by atoms with Gasteiger partial charge in [-0.05, 0) is 19.1 Å². The molecule has 0 saturated carbocycles. The second-order valence-electron chi connectivity index (χ2n) is 5.90. The summed E-state index contributed by atoms with van der Waals surface area (Å²) in [6.07, 6.45) is -4.65. The molecule has 6 nitrogen and oxygen atoms in total. The standard InChI is InChI=1S/C15H14F4N6/c1-8-21-13-10-6-9(15(17,18)19)7-11(16)12(10)22-14(25(13)23-8)24-4-2-20-3-5-24/h6-7,20H,2-5H2,1H3. The van der Waals surface area contributed by atoms with Crippen molar-refractivity contribution in [3.63, 3.8) is 0 Å². The number of alkyl halides is 3. The Morgan fingerprint density at radius 1 is 1.12 bits per heavy atom. The van der Waals surface area contributed by atoms with Gasteiger partial charge in [-0.15, -0.1) is 5.10 Å². The highest BCUT2D eigenvalue weighted by Crippen LogP contribution is 2.34. The number of benzene rings is 1. The summed E-state index contributed by atoms with van der Waals surface area (Å²) in [6.45, 7) is 4.35. The zero-order valence-electron chi connectivity index (χ0n) is 13.2. The van der Waals surface area contributed by atoms with Crippen LogP contribution in [0.25, 0.3) is 16.6 Å². The average molecular weight is 354 g/mol. The SMILES string of the molecule is Cc1nc2c3cc(C(F)(F)F)cc(F)c3nc(N3CCNCC3)n2n1. The predicted octanol–water partition coefficient (Wildman–Crippen LogP) is 2.15. The molecule has 3 heterocycles. The molecule has 10 heteroatoms. The van der Waals surface area contributed by atoms with Crippen molar-refractivity contribution < 1.29 is 17.6 Å². The summed E-state index contributed by atoms with van der Waals surface area (Å²) in [5.41, 5.74) is -1.04. The molecule has 0 atom stereocenters. The molecule has 1 fully saturated rings. The van der Waals surface area contributed by atoms with Gasteiger partial charge in [0.25, 0.3) is 0 Å². The number of nitrogens with zero attached hydrogens (tertiary/aromatic N) is 5. The molecule has 1 aromatic carbocycles. The van der Waals surface area contributed by atoms with Crippen LogP contribution < -0.4 is 10.2 Å². The number of hydrogen-bond acceptors (Lipinski definition) is 5. The van der Waals surface area contributed by atoms with Crippen LogP contribution >= 0.6 is 0 Å². The van der Waals surface area contributed by atoms with E-state index < -0.39 is 17.6 Å². The van der Waals surface area contributed by atoms with Crippen LogP contribution in [0.3, 0.4) is 0 Å². The van der Waals surface area contributed by atoms with Gasteiger partial charge in [0, 0.05) is 31.6 Å². The first-order chi connectivity index (χ1) is 11.8. The second kappa shape index (κ2) is 5.51. The lowest BCUT2D eigenvalue weighted by molar-refractivity contribution is -0.137. The minimum Gasteiger partial charge on any atom is -0.338 e. The molecule has 0 spiro atoms. The van der Waals surface area contributed by atoms with Gasteiger partial charge in [0.15, 0.2) is 5.65 Å². The van der Waals surface area contributed by atoms with Crippen LogP contribution in [-0.4, -0.2) is 45.8 Å². The number of nitrogens with one attached hydrogen (secondary N) is 1. The van der Waals surface area contributed by atoms with Gasteiger partial charge in [0.05, 0.1) is 5.56 Å². The summed E-state index contributed by atoms with van der Waals surface area (Å²) in [5, 5.41) is 7.43. The lowest BCUT2D eigenvalue weighted by Gasteiger charge is -2.28. The van der Waals surface area contributed by atoms with Gasteiger partial charge in [0.1, 0.15) is 17.2 Å². The molecule has 1 N–H and O–H groups in total. The molecule has 25 heavy (non-hydrogen) atoms. The number of hydrogen-bond donors (Lipinski definition) is 1. The molecule has 4 rings (SSSR count). The number of halogens is 4. The summed E-state index contributed by atoms with van der Waals surface area (Å²) in [4.78, 5) is 10.4. The third kappa shape index (κ3) is 2.66. The van der Waals surface area contributed by atoms with Gasteiger partial charge >= 0.3 is 6.18 Å². The highest BCUT2D eigenvalue weighted by Gasteiger charge is 2.32. The first-order valence-electron chi connectivity index (χ1n) is 7.74. The normalized spacial score (nSPS) is 16.1. The second-order valence-corrected chi connectivity index (χ2v) is 5.90. The average Bonchev–Trinajstić information content (AvgIpc) is 2.96. The van der Waals surface area contributed by atoms with Gasteiger partial charge in [-0.1, -0.05) is 0 Å². The van der Waals surface area contributed by atoms with Crippen molar-refractivity contribution >= 4 is 22.5 Å². The van der Waals surface area contributed by atoms with Gasteiger partial charge in [-0.3, -0.25) is 0 Å². The van der Waals surface area contributed by atoms with Gasteiger partial charge in [0.2, 0.25) is 5.95 Å². The maximum atomic E-state index is 14.4. The van der Waals surface area contributed by atoms with E-state index in [1.807, 2.05) is 4.90 Å². The smallest absolute Gasteiger partial charge is 0.338 e. The van der Waals surface area contributed by atoms with Crippen LogP contribution in [0.1, 0.15) is 11.4 Å². The Morgan fingerprint density at radius 3 is 2.52 bits per heavy atom. The Balaban J connectivity index is 2.03. The van der Waals surface area contributed by atoms with E-state index >= 15 is 0 Å². The Kier molecular flexibility index (Phi) is 3.53. The van der Waals surface area contributed by atoms with Crippen LogP contribution in [0, 0.1) is 12.7 Å². The van der Waals surface area contributed by atoms with E-state index in [1.165, 1.54) is 4.52 Å².